The summed E-state index contributed by atoms with van der Waals surface area (Å²) in [5.41, 5.74) is 3.89. The molecule has 1 amide bonds. The molecule has 0 spiro atoms. The molecule has 0 unspecified atom stereocenters. The second kappa shape index (κ2) is 10.3. The van der Waals surface area contributed by atoms with Crippen LogP contribution in [-0.4, -0.2) is 39.4 Å². The van der Waals surface area contributed by atoms with Crippen LogP contribution in [0.3, 0.4) is 0 Å². The number of pyridine rings is 1. The predicted octanol–water partition coefficient (Wildman–Crippen LogP) is 2.08. The summed E-state index contributed by atoms with van der Waals surface area (Å²) < 4.78 is 29.7. The first-order valence-corrected chi connectivity index (χ1v) is 12.9. The van der Waals surface area contributed by atoms with Gasteiger partial charge in [0.25, 0.3) is 17.0 Å². The Hall–Kier alpha value is -3.98. The first-order chi connectivity index (χ1) is 18.6. The quantitative estimate of drug-likeness (QED) is 0.293. The molecule has 0 atom stereocenters. The Kier molecular flexibility index (Phi) is 7.03. The van der Waals surface area contributed by atoms with Gasteiger partial charge in [0.15, 0.2) is 6.61 Å². The summed E-state index contributed by atoms with van der Waals surface area (Å²) in [6.45, 7) is 1.44. The Labute approximate surface area is 233 Å². The molecule has 202 valence electrons. The van der Waals surface area contributed by atoms with Gasteiger partial charge in [-0.15, -0.1) is 0 Å². The van der Waals surface area contributed by atoms with Gasteiger partial charge >= 0.3 is 5.69 Å². The number of nitrogens with zero attached hydrogens (tertiary/aromatic N) is 3. The van der Waals surface area contributed by atoms with Gasteiger partial charge in [0.1, 0.15) is 22.8 Å². The second-order valence-corrected chi connectivity index (χ2v) is 10.3. The highest BCUT2D eigenvalue weighted by Crippen LogP contribution is 2.29. The van der Waals surface area contributed by atoms with Crippen molar-refractivity contribution >= 4 is 50.9 Å². The number of aromatic nitrogens is 3. The van der Waals surface area contributed by atoms with Crippen LogP contribution < -0.4 is 32.6 Å². The highest BCUT2D eigenvalue weighted by molar-refractivity contribution is 14.1. The monoisotopic (exact) mass is 647 g/mol. The lowest BCUT2D eigenvalue weighted by molar-refractivity contribution is -0.119. The number of hydrogen-bond acceptors (Lipinski definition) is 7. The van der Waals surface area contributed by atoms with Crippen molar-refractivity contribution in [1.29, 1.82) is 0 Å². The number of rotatable bonds is 7. The maximum atomic E-state index is 14.8. The zero-order valence-electron chi connectivity index (χ0n) is 20.9. The third kappa shape index (κ3) is 4.71. The molecule has 4 aromatic rings. The van der Waals surface area contributed by atoms with E-state index in [0.29, 0.717) is 3.57 Å². The Morgan fingerprint density at radius 1 is 1.18 bits per heavy atom. The molecule has 0 aliphatic carbocycles. The summed E-state index contributed by atoms with van der Waals surface area (Å²) in [6, 6.07) is 10.2. The Morgan fingerprint density at radius 2 is 1.92 bits per heavy atom. The molecule has 1 aliphatic rings. The zero-order chi connectivity index (χ0) is 28.0. The standard InChI is InChI=1S/C26H23FIN5O6/c1-13-22-21(23(31(2)24(13)35)30-19-7-6-14(28)8-18(19)27)25(36)33(16-10-38-11-16)26(37)32(22)15-4-3-5-17(9-15)39-12-20(29)34/h3-9,16,30H,10-12H2,1-2H3,(H2,29,34). The summed E-state index contributed by atoms with van der Waals surface area (Å²) in [5, 5.41) is 2.93. The van der Waals surface area contributed by atoms with Crippen molar-refractivity contribution in [3.63, 3.8) is 0 Å². The number of ether oxygens (including phenoxy) is 2. The van der Waals surface area contributed by atoms with E-state index in [9.17, 15) is 23.6 Å². The molecule has 3 heterocycles. The third-order valence-electron chi connectivity index (χ3n) is 6.47. The molecule has 1 fully saturated rings. The summed E-state index contributed by atoms with van der Waals surface area (Å²) in [6.07, 6.45) is 0. The number of anilines is 2. The molecule has 39 heavy (non-hydrogen) atoms. The maximum Gasteiger partial charge on any atom is 0.336 e. The fraction of sp³-hybridized carbons (Fsp3) is 0.231. The van der Waals surface area contributed by atoms with Crippen molar-refractivity contribution in [2.45, 2.75) is 13.0 Å². The number of amides is 1. The normalized spacial score (nSPS) is 13.3. The van der Waals surface area contributed by atoms with E-state index in [2.05, 4.69) is 5.32 Å². The lowest BCUT2D eigenvalue weighted by Crippen LogP contribution is -2.48. The number of nitrogens with two attached hydrogens (primary N) is 1. The van der Waals surface area contributed by atoms with Crippen LogP contribution in [0.2, 0.25) is 0 Å². The van der Waals surface area contributed by atoms with Gasteiger partial charge in [0.2, 0.25) is 0 Å². The van der Waals surface area contributed by atoms with E-state index in [1.807, 2.05) is 22.6 Å². The van der Waals surface area contributed by atoms with Gasteiger partial charge in [0, 0.05) is 22.2 Å². The number of carbonyl (C=O) groups is 1. The van der Waals surface area contributed by atoms with Crippen molar-refractivity contribution in [1.82, 2.24) is 13.7 Å². The van der Waals surface area contributed by atoms with Crippen molar-refractivity contribution in [2.75, 3.05) is 25.1 Å². The molecule has 1 saturated heterocycles. The Bertz CT molecular complexity index is 1830. The third-order valence-corrected chi connectivity index (χ3v) is 7.14. The van der Waals surface area contributed by atoms with Crippen LogP contribution in [0.5, 0.6) is 5.75 Å². The molecule has 2 aromatic heterocycles. The fourth-order valence-corrected chi connectivity index (χ4v) is 4.93. The van der Waals surface area contributed by atoms with Gasteiger partial charge in [-0.2, -0.15) is 0 Å². The Balaban J connectivity index is 1.87. The van der Waals surface area contributed by atoms with Crippen LogP contribution in [0.15, 0.2) is 56.8 Å². The van der Waals surface area contributed by atoms with Crippen LogP contribution in [0, 0.1) is 16.3 Å². The first kappa shape index (κ1) is 26.6. The molecule has 13 heteroatoms. The molecule has 1 aliphatic heterocycles. The summed E-state index contributed by atoms with van der Waals surface area (Å²) >= 11 is 1.98. The van der Waals surface area contributed by atoms with Crippen LogP contribution in [0.4, 0.5) is 15.9 Å². The van der Waals surface area contributed by atoms with E-state index in [4.69, 9.17) is 15.2 Å². The van der Waals surface area contributed by atoms with Crippen molar-refractivity contribution in [3.05, 3.63) is 88.6 Å². The number of hydrogen-bond donors (Lipinski definition) is 2. The predicted molar refractivity (Wildman–Crippen MR) is 151 cm³/mol. The lowest BCUT2D eigenvalue weighted by Gasteiger charge is -2.29. The number of halogens is 2. The van der Waals surface area contributed by atoms with Gasteiger partial charge in [-0.05, 0) is 59.8 Å². The number of carbonyl (C=O) groups excluding carboxylic acids is 1. The highest BCUT2D eigenvalue weighted by Gasteiger charge is 2.30. The van der Waals surface area contributed by atoms with Gasteiger partial charge in [-0.3, -0.25) is 28.1 Å². The van der Waals surface area contributed by atoms with Crippen molar-refractivity contribution < 1.29 is 18.7 Å². The van der Waals surface area contributed by atoms with Gasteiger partial charge < -0.3 is 20.5 Å². The number of fused-ring (bicyclic) bond motifs is 1. The summed E-state index contributed by atoms with van der Waals surface area (Å²) in [4.78, 5) is 52.4. The fourth-order valence-electron chi connectivity index (χ4n) is 4.48. The van der Waals surface area contributed by atoms with Crippen LogP contribution in [-0.2, 0) is 16.6 Å². The Morgan fingerprint density at radius 3 is 2.56 bits per heavy atom. The minimum absolute atomic E-state index is 0.0162. The van der Waals surface area contributed by atoms with E-state index in [1.165, 1.54) is 41.3 Å². The summed E-state index contributed by atoms with van der Waals surface area (Å²) in [5.74, 6) is -0.991. The molecule has 0 saturated carbocycles. The van der Waals surface area contributed by atoms with Gasteiger partial charge in [-0.25, -0.2) is 9.18 Å². The largest absolute Gasteiger partial charge is 0.484 e. The van der Waals surface area contributed by atoms with Crippen LogP contribution >= 0.6 is 22.6 Å². The van der Waals surface area contributed by atoms with Crippen molar-refractivity contribution in [3.8, 4) is 11.4 Å². The van der Waals surface area contributed by atoms with Gasteiger partial charge in [0.05, 0.1) is 36.1 Å². The first-order valence-electron chi connectivity index (χ1n) is 11.8. The molecule has 11 nitrogen and oxygen atoms in total. The van der Waals surface area contributed by atoms with Crippen molar-refractivity contribution in [2.24, 2.45) is 12.8 Å². The smallest absolute Gasteiger partial charge is 0.336 e. The summed E-state index contributed by atoms with van der Waals surface area (Å²) in [7, 11) is 1.46. The molecule has 5 rings (SSSR count). The maximum absolute atomic E-state index is 14.8. The zero-order valence-corrected chi connectivity index (χ0v) is 23.0. The minimum Gasteiger partial charge on any atom is -0.484 e. The molecular formula is C26H23FIN5O6. The van der Waals surface area contributed by atoms with E-state index in [0.717, 1.165) is 4.57 Å². The number of benzene rings is 2. The van der Waals surface area contributed by atoms with E-state index in [-0.39, 0.29) is 59.2 Å². The van der Waals surface area contributed by atoms with Crippen LogP contribution in [0.25, 0.3) is 16.6 Å². The van der Waals surface area contributed by atoms with E-state index >= 15 is 0 Å². The second-order valence-electron chi connectivity index (χ2n) is 9.05. The van der Waals surface area contributed by atoms with E-state index < -0.39 is 34.6 Å². The average molecular weight is 647 g/mol. The molecule has 0 bridgehead atoms. The lowest BCUT2D eigenvalue weighted by atomic mass is 10.1. The minimum atomic E-state index is -0.685. The molecule has 2 aromatic carbocycles. The SMILES string of the molecule is Cc1c(=O)n(C)c(Nc2ccc(I)cc2F)c2c(=O)n(C3COC3)c(=O)n(-c3cccc(OCC(N)=O)c3)c12. The number of aryl methyl sites for hydroxylation is 1. The van der Waals surface area contributed by atoms with Crippen LogP contribution in [0.1, 0.15) is 11.6 Å². The van der Waals surface area contributed by atoms with Gasteiger partial charge in [-0.1, -0.05) is 6.07 Å². The topological polar surface area (TPSA) is 140 Å². The van der Waals surface area contributed by atoms with E-state index in [1.54, 1.807) is 24.3 Å². The highest BCUT2D eigenvalue weighted by atomic mass is 127. The molecular weight excluding hydrogens is 624 g/mol. The average Bonchev–Trinajstić information content (AvgIpc) is 2.86. The molecule has 0 radical (unpaired) electrons. The number of primary amides is 1. The molecule has 3 N–H and O–H groups in total. The number of nitrogens with one attached hydrogen (secondary N) is 1.